The first-order valence-electron chi connectivity index (χ1n) is 7.12. The van der Waals surface area contributed by atoms with E-state index in [9.17, 15) is 10.1 Å². The molecule has 0 spiro atoms. The fraction of sp³-hybridized carbons (Fsp3) is 0.400. The number of aromatic nitrogens is 1. The number of benzene rings is 1. The Morgan fingerprint density at radius 3 is 3.10 bits per heavy atom. The van der Waals surface area contributed by atoms with Crippen molar-refractivity contribution in [3.8, 4) is 0 Å². The molecule has 1 N–H and O–H groups in total. The number of nitro groups is 1. The lowest BCUT2D eigenvalue weighted by Crippen LogP contribution is -2.24. The summed E-state index contributed by atoms with van der Waals surface area (Å²) in [6, 6.07) is 7.20. The summed E-state index contributed by atoms with van der Waals surface area (Å²) in [6.07, 6.45) is 2.72. The third-order valence-electron chi connectivity index (χ3n) is 4.04. The molecule has 1 fully saturated rings. The van der Waals surface area contributed by atoms with Crippen LogP contribution in [0.4, 0.5) is 11.4 Å². The normalized spacial score (nSPS) is 18.3. The van der Waals surface area contributed by atoms with Crippen molar-refractivity contribution in [1.82, 2.24) is 10.3 Å². The van der Waals surface area contributed by atoms with Gasteiger partial charge in [0.15, 0.2) is 0 Å². The molecule has 0 bridgehead atoms. The van der Waals surface area contributed by atoms with Gasteiger partial charge in [-0.25, -0.2) is 0 Å². The monoisotopic (exact) mass is 286 g/mol. The van der Waals surface area contributed by atoms with Gasteiger partial charge in [-0.05, 0) is 50.2 Å². The van der Waals surface area contributed by atoms with E-state index in [4.69, 9.17) is 0 Å². The van der Waals surface area contributed by atoms with Gasteiger partial charge in [-0.15, -0.1) is 0 Å². The van der Waals surface area contributed by atoms with Crippen molar-refractivity contribution in [2.75, 3.05) is 31.6 Å². The number of hydrogen-bond acceptors (Lipinski definition) is 5. The van der Waals surface area contributed by atoms with E-state index < -0.39 is 0 Å². The van der Waals surface area contributed by atoms with Gasteiger partial charge in [0, 0.05) is 19.3 Å². The minimum atomic E-state index is -0.287. The van der Waals surface area contributed by atoms with E-state index in [0.29, 0.717) is 22.5 Å². The predicted octanol–water partition coefficient (Wildman–Crippen LogP) is 2.19. The summed E-state index contributed by atoms with van der Waals surface area (Å²) in [5, 5.41) is 15.3. The van der Waals surface area contributed by atoms with Gasteiger partial charge in [-0.1, -0.05) is 0 Å². The van der Waals surface area contributed by atoms with Crippen molar-refractivity contribution in [1.29, 1.82) is 0 Å². The Balaban J connectivity index is 2.03. The van der Waals surface area contributed by atoms with Crippen LogP contribution >= 0.6 is 0 Å². The zero-order chi connectivity index (χ0) is 14.8. The standard InChI is InChI=1S/C15H18N4O2/c1-16-9-11-6-8-18(10-11)14-5-4-13-12(3-2-7-17-13)15(14)19(20)21/h2-5,7,11,16H,6,8-10H2,1H3. The molecule has 0 radical (unpaired) electrons. The number of anilines is 1. The van der Waals surface area contributed by atoms with Crippen molar-refractivity contribution >= 4 is 22.3 Å². The average molecular weight is 286 g/mol. The molecule has 1 unspecified atom stereocenters. The summed E-state index contributed by atoms with van der Waals surface area (Å²) >= 11 is 0. The highest BCUT2D eigenvalue weighted by atomic mass is 16.6. The number of nitrogens with zero attached hydrogens (tertiary/aromatic N) is 3. The van der Waals surface area contributed by atoms with Crippen LogP contribution in [-0.2, 0) is 0 Å². The highest BCUT2D eigenvalue weighted by molar-refractivity contribution is 5.94. The molecule has 1 aliphatic heterocycles. The first-order chi connectivity index (χ1) is 10.2. The predicted molar refractivity (Wildman–Crippen MR) is 82.6 cm³/mol. The maximum absolute atomic E-state index is 11.5. The van der Waals surface area contributed by atoms with Gasteiger partial charge in [0.05, 0.1) is 15.8 Å². The van der Waals surface area contributed by atoms with Crippen LogP contribution in [0.3, 0.4) is 0 Å². The molecule has 1 atom stereocenters. The van der Waals surface area contributed by atoms with Gasteiger partial charge < -0.3 is 10.2 Å². The van der Waals surface area contributed by atoms with E-state index in [1.165, 1.54) is 0 Å². The van der Waals surface area contributed by atoms with Crippen LogP contribution < -0.4 is 10.2 Å². The Morgan fingerprint density at radius 2 is 2.33 bits per heavy atom. The lowest BCUT2D eigenvalue weighted by molar-refractivity contribution is -0.382. The van der Waals surface area contributed by atoms with Crippen LogP contribution in [0.1, 0.15) is 6.42 Å². The topological polar surface area (TPSA) is 71.3 Å². The molecule has 1 aliphatic rings. The Labute approximate surface area is 122 Å². The molecular formula is C15H18N4O2. The molecule has 3 rings (SSSR count). The van der Waals surface area contributed by atoms with Gasteiger partial charge in [0.25, 0.3) is 0 Å². The second-order valence-electron chi connectivity index (χ2n) is 5.42. The molecule has 1 aromatic heterocycles. The molecule has 0 aliphatic carbocycles. The smallest absolute Gasteiger partial charge is 0.301 e. The molecule has 0 amide bonds. The van der Waals surface area contributed by atoms with Crippen LogP contribution in [0.15, 0.2) is 30.5 Å². The maximum atomic E-state index is 11.5. The maximum Gasteiger partial charge on any atom is 0.301 e. The van der Waals surface area contributed by atoms with Crippen molar-refractivity contribution in [2.24, 2.45) is 5.92 Å². The second kappa shape index (κ2) is 5.65. The van der Waals surface area contributed by atoms with Gasteiger partial charge in [-0.2, -0.15) is 0 Å². The molecule has 1 saturated heterocycles. The molecule has 2 heterocycles. The molecule has 6 heteroatoms. The molecule has 6 nitrogen and oxygen atoms in total. The second-order valence-corrected chi connectivity index (χ2v) is 5.42. The lowest BCUT2D eigenvalue weighted by atomic mass is 10.1. The third kappa shape index (κ3) is 2.54. The van der Waals surface area contributed by atoms with Crippen LogP contribution in [0.5, 0.6) is 0 Å². The van der Waals surface area contributed by atoms with Crippen molar-refractivity contribution in [3.05, 3.63) is 40.6 Å². The zero-order valence-corrected chi connectivity index (χ0v) is 12.0. The molecule has 2 aromatic rings. The molecule has 110 valence electrons. The molecular weight excluding hydrogens is 268 g/mol. The SMILES string of the molecule is CNCC1CCN(c2ccc3ncccc3c2[N+](=O)[O-])C1. The van der Waals surface area contributed by atoms with Crippen LogP contribution in [-0.4, -0.2) is 36.6 Å². The fourth-order valence-electron chi connectivity index (χ4n) is 3.08. The van der Waals surface area contributed by atoms with Crippen LogP contribution in [0.25, 0.3) is 10.9 Å². The number of hydrogen-bond donors (Lipinski definition) is 1. The Morgan fingerprint density at radius 1 is 1.48 bits per heavy atom. The van der Waals surface area contributed by atoms with E-state index in [1.807, 2.05) is 19.2 Å². The Kier molecular flexibility index (Phi) is 3.70. The minimum Gasteiger partial charge on any atom is -0.366 e. The summed E-state index contributed by atoms with van der Waals surface area (Å²) in [5.74, 6) is 0.541. The zero-order valence-electron chi connectivity index (χ0n) is 12.0. The summed E-state index contributed by atoms with van der Waals surface area (Å²) in [7, 11) is 1.94. The van der Waals surface area contributed by atoms with Crippen molar-refractivity contribution in [3.63, 3.8) is 0 Å². The molecule has 21 heavy (non-hydrogen) atoms. The summed E-state index contributed by atoms with van der Waals surface area (Å²) < 4.78 is 0. The first-order valence-corrected chi connectivity index (χ1v) is 7.12. The minimum absolute atomic E-state index is 0.172. The van der Waals surface area contributed by atoms with Gasteiger partial charge in [0.1, 0.15) is 5.69 Å². The summed E-state index contributed by atoms with van der Waals surface area (Å²) in [5.41, 5.74) is 1.55. The van der Waals surface area contributed by atoms with Crippen molar-refractivity contribution < 1.29 is 4.92 Å². The summed E-state index contributed by atoms with van der Waals surface area (Å²) in [6.45, 7) is 2.66. The quantitative estimate of drug-likeness (QED) is 0.689. The van der Waals surface area contributed by atoms with Crippen LogP contribution in [0.2, 0.25) is 0 Å². The van der Waals surface area contributed by atoms with E-state index in [-0.39, 0.29) is 10.6 Å². The first kappa shape index (κ1) is 13.8. The third-order valence-corrected chi connectivity index (χ3v) is 4.04. The van der Waals surface area contributed by atoms with Gasteiger partial charge in [-0.3, -0.25) is 15.1 Å². The number of nitrogens with one attached hydrogen (secondary N) is 1. The lowest BCUT2D eigenvalue weighted by Gasteiger charge is -2.19. The molecule has 0 saturated carbocycles. The number of fused-ring (bicyclic) bond motifs is 1. The number of rotatable bonds is 4. The largest absolute Gasteiger partial charge is 0.366 e. The van der Waals surface area contributed by atoms with Gasteiger partial charge in [0.2, 0.25) is 0 Å². The van der Waals surface area contributed by atoms with Crippen LogP contribution in [0, 0.1) is 16.0 Å². The van der Waals surface area contributed by atoms with E-state index >= 15 is 0 Å². The average Bonchev–Trinajstić information content (AvgIpc) is 2.94. The van der Waals surface area contributed by atoms with Gasteiger partial charge >= 0.3 is 5.69 Å². The molecule has 1 aromatic carbocycles. The van der Waals surface area contributed by atoms with E-state index in [0.717, 1.165) is 26.1 Å². The Bertz CT molecular complexity index is 674. The van der Waals surface area contributed by atoms with E-state index in [2.05, 4.69) is 15.2 Å². The fourth-order valence-corrected chi connectivity index (χ4v) is 3.08. The highest BCUT2D eigenvalue weighted by Crippen LogP contribution is 2.37. The number of pyridine rings is 1. The highest BCUT2D eigenvalue weighted by Gasteiger charge is 2.28. The number of nitro benzene ring substituents is 1. The summed E-state index contributed by atoms with van der Waals surface area (Å²) in [4.78, 5) is 17.6. The Hall–Kier alpha value is -2.21. The van der Waals surface area contributed by atoms with Crippen molar-refractivity contribution in [2.45, 2.75) is 6.42 Å². The van der Waals surface area contributed by atoms with E-state index in [1.54, 1.807) is 18.3 Å².